The van der Waals surface area contributed by atoms with Gasteiger partial charge in [-0.1, -0.05) is 18.4 Å². The van der Waals surface area contributed by atoms with E-state index >= 15 is 4.39 Å². The Kier molecular flexibility index (Phi) is 9.55. The monoisotopic (exact) mass is 715 g/mol. The number of likely N-dealkylation sites (tertiary alicyclic amines) is 1. The molecule has 1 aliphatic carbocycles. The Morgan fingerprint density at radius 1 is 1.08 bits per heavy atom. The average molecular weight is 716 g/mol. The SMILES string of the molecule is C#Cc1c(F)ccc2cc(O)cc(-c3ncc4c(N5CCCOCC5)nc(OCC56CCCC5N(CC5CCCS(=O)C5)CCC6)nc4c3F)c12. The van der Waals surface area contributed by atoms with Crippen LogP contribution in [0.2, 0.25) is 0 Å². The fourth-order valence-electron chi connectivity index (χ4n) is 9.10. The van der Waals surface area contributed by atoms with E-state index in [0.29, 0.717) is 61.5 Å². The summed E-state index contributed by atoms with van der Waals surface area (Å²) in [7, 11) is -0.717. The number of benzene rings is 2. The average Bonchev–Trinajstić information content (AvgIpc) is 3.38. The molecule has 12 heteroatoms. The lowest BCUT2D eigenvalue weighted by molar-refractivity contribution is -0.00682. The molecule has 4 fully saturated rings. The van der Waals surface area contributed by atoms with Crippen LogP contribution in [0.3, 0.4) is 0 Å². The van der Waals surface area contributed by atoms with Crippen LogP contribution in [-0.4, -0.2) is 92.7 Å². The zero-order valence-electron chi connectivity index (χ0n) is 28.7. The van der Waals surface area contributed by atoms with Crippen LogP contribution in [0.1, 0.15) is 56.9 Å². The normalized spacial score (nSPS) is 25.8. The molecule has 0 spiro atoms. The smallest absolute Gasteiger partial charge is 0.319 e. The third-order valence-corrected chi connectivity index (χ3v) is 13.0. The number of piperidine rings is 1. The zero-order valence-corrected chi connectivity index (χ0v) is 29.5. The van der Waals surface area contributed by atoms with E-state index < -0.39 is 22.4 Å². The van der Waals surface area contributed by atoms with Gasteiger partial charge in [0.1, 0.15) is 28.6 Å². The molecule has 0 bridgehead atoms. The van der Waals surface area contributed by atoms with Gasteiger partial charge in [-0.05, 0) is 81.0 Å². The van der Waals surface area contributed by atoms with Gasteiger partial charge in [0.25, 0.3) is 0 Å². The van der Waals surface area contributed by atoms with E-state index in [1.807, 2.05) is 0 Å². The molecule has 9 nitrogen and oxygen atoms in total. The highest BCUT2D eigenvalue weighted by Gasteiger charge is 2.49. The predicted molar refractivity (Wildman–Crippen MR) is 194 cm³/mol. The topological polar surface area (TPSA) is 101 Å². The molecular weight excluding hydrogens is 673 g/mol. The van der Waals surface area contributed by atoms with Gasteiger partial charge in [-0.2, -0.15) is 9.97 Å². The number of hydrogen-bond acceptors (Lipinski definition) is 9. The summed E-state index contributed by atoms with van der Waals surface area (Å²) >= 11 is 0. The van der Waals surface area contributed by atoms with Crippen LogP contribution >= 0.6 is 0 Å². The van der Waals surface area contributed by atoms with Crippen molar-refractivity contribution in [1.29, 1.82) is 0 Å². The van der Waals surface area contributed by atoms with Crippen molar-refractivity contribution in [3.63, 3.8) is 0 Å². The van der Waals surface area contributed by atoms with Gasteiger partial charge in [-0.25, -0.2) is 8.78 Å². The molecule has 8 rings (SSSR count). The number of nitrogens with zero attached hydrogens (tertiary/aromatic N) is 5. The minimum atomic E-state index is -0.739. The molecule has 4 aromatic rings. The highest BCUT2D eigenvalue weighted by Crippen LogP contribution is 2.48. The Hall–Kier alpha value is -3.92. The molecular formula is C39H43F2N5O4S. The van der Waals surface area contributed by atoms with E-state index in [0.717, 1.165) is 76.0 Å². The fraction of sp³-hybridized carbons (Fsp3) is 0.513. The number of fused-ring (bicyclic) bond motifs is 3. The largest absolute Gasteiger partial charge is 0.508 e. The lowest BCUT2D eigenvalue weighted by Crippen LogP contribution is -2.53. The molecule has 0 amide bonds. The van der Waals surface area contributed by atoms with Crippen LogP contribution in [0.5, 0.6) is 11.8 Å². The zero-order chi connectivity index (χ0) is 35.1. The van der Waals surface area contributed by atoms with Gasteiger partial charge in [0.15, 0.2) is 5.82 Å². The number of phenolic OH excluding ortho intramolecular Hbond substituents is 1. The summed E-state index contributed by atoms with van der Waals surface area (Å²) in [4.78, 5) is 18.8. The number of rotatable bonds is 7. The first-order chi connectivity index (χ1) is 24.8. The second kappa shape index (κ2) is 14.2. The fourth-order valence-corrected chi connectivity index (χ4v) is 10.6. The van der Waals surface area contributed by atoms with Crippen molar-refractivity contribution >= 4 is 38.3 Å². The molecule has 3 aliphatic heterocycles. The predicted octanol–water partition coefficient (Wildman–Crippen LogP) is 6.21. The number of aromatic hydroxyl groups is 1. The third-order valence-electron chi connectivity index (χ3n) is 11.4. The first-order valence-corrected chi connectivity index (χ1v) is 19.7. The Bertz CT molecular complexity index is 2030. The molecule has 51 heavy (non-hydrogen) atoms. The van der Waals surface area contributed by atoms with Crippen LogP contribution in [0, 0.1) is 35.3 Å². The second-order valence-corrected chi connectivity index (χ2v) is 16.2. The van der Waals surface area contributed by atoms with Crippen molar-refractivity contribution in [1.82, 2.24) is 19.9 Å². The highest BCUT2D eigenvalue weighted by molar-refractivity contribution is 7.85. The maximum absolute atomic E-state index is 17.0. The van der Waals surface area contributed by atoms with Gasteiger partial charge in [-0.3, -0.25) is 14.1 Å². The second-order valence-electron chi connectivity index (χ2n) is 14.6. The molecule has 5 heterocycles. The van der Waals surface area contributed by atoms with Gasteiger partial charge in [0.05, 0.1) is 24.2 Å². The van der Waals surface area contributed by atoms with E-state index in [1.54, 1.807) is 0 Å². The van der Waals surface area contributed by atoms with E-state index in [2.05, 4.69) is 25.7 Å². The lowest BCUT2D eigenvalue weighted by atomic mass is 9.75. The molecule has 3 saturated heterocycles. The number of halogens is 2. The van der Waals surface area contributed by atoms with Crippen molar-refractivity contribution in [2.24, 2.45) is 11.3 Å². The maximum Gasteiger partial charge on any atom is 0.319 e. The summed E-state index contributed by atoms with van der Waals surface area (Å²) in [5, 5.41) is 11.8. The molecule has 4 atom stereocenters. The molecule has 268 valence electrons. The van der Waals surface area contributed by atoms with Gasteiger partial charge >= 0.3 is 6.01 Å². The van der Waals surface area contributed by atoms with Crippen LogP contribution in [0.25, 0.3) is 32.9 Å². The molecule has 2 aromatic heterocycles. The van der Waals surface area contributed by atoms with E-state index in [1.165, 1.54) is 30.5 Å². The van der Waals surface area contributed by atoms with E-state index in [9.17, 15) is 13.7 Å². The molecule has 4 unspecified atom stereocenters. The summed E-state index contributed by atoms with van der Waals surface area (Å²) in [5.74, 6) is 3.50. The first kappa shape index (κ1) is 34.2. The maximum atomic E-state index is 17.0. The van der Waals surface area contributed by atoms with Crippen molar-refractivity contribution in [3.05, 3.63) is 47.7 Å². The Morgan fingerprint density at radius 3 is 2.82 bits per heavy atom. The standard InChI is InChI=1S/C39H43F2N5O4S/c1-2-28-31(40)10-9-26-19-27(47)20-29(33(26)28)35-34(41)36-30(21-42-35)37(45-14-6-16-49-17-15-45)44-38(43-36)50-24-39-11-3-8-32(39)46(13-5-12-39)22-25-7-4-18-51(48)23-25/h1,9-10,19-21,25,32,47H,3-8,11-18,22-24H2. The molecule has 1 N–H and O–H groups in total. The highest BCUT2D eigenvalue weighted by atomic mass is 32.2. The Labute approximate surface area is 299 Å². The van der Waals surface area contributed by atoms with Crippen LogP contribution in [-0.2, 0) is 15.5 Å². The number of aromatic nitrogens is 3. The van der Waals surface area contributed by atoms with Gasteiger partial charge < -0.3 is 19.5 Å². The lowest BCUT2D eigenvalue weighted by Gasteiger charge is -2.47. The number of phenols is 1. The summed E-state index contributed by atoms with van der Waals surface area (Å²) < 4.78 is 56.5. The van der Waals surface area contributed by atoms with Gasteiger partial charge in [-0.15, -0.1) is 6.42 Å². The number of anilines is 1. The number of pyridine rings is 1. The van der Waals surface area contributed by atoms with Crippen molar-refractivity contribution in [2.75, 3.05) is 62.4 Å². The third kappa shape index (κ3) is 6.53. The molecule has 4 aliphatic rings. The summed E-state index contributed by atoms with van der Waals surface area (Å²) in [5.41, 5.74) is -0.0272. The van der Waals surface area contributed by atoms with Crippen LogP contribution < -0.4 is 9.64 Å². The quantitative estimate of drug-likeness (QED) is 0.224. The van der Waals surface area contributed by atoms with Crippen LogP contribution in [0.4, 0.5) is 14.6 Å². The summed E-state index contributed by atoms with van der Waals surface area (Å²) in [6, 6.07) is 6.00. The first-order valence-electron chi connectivity index (χ1n) is 18.2. The number of ether oxygens (including phenoxy) is 2. The van der Waals surface area contributed by atoms with E-state index in [-0.39, 0.29) is 44.9 Å². The van der Waals surface area contributed by atoms with E-state index in [4.69, 9.17) is 20.9 Å². The Morgan fingerprint density at radius 2 is 1.96 bits per heavy atom. The molecule has 1 saturated carbocycles. The summed E-state index contributed by atoms with van der Waals surface area (Å²) in [6.45, 7) is 4.77. The minimum absolute atomic E-state index is 0.0244. The van der Waals surface area contributed by atoms with Crippen molar-refractivity contribution in [3.8, 4) is 35.4 Å². The minimum Gasteiger partial charge on any atom is -0.508 e. The number of hydrogen-bond donors (Lipinski definition) is 1. The summed E-state index contributed by atoms with van der Waals surface area (Å²) in [6.07, 6.45) is 15.5. The Balaban J connectivity index is 1.18. The van der Waals surface area contributed by atoms with Gasteiger partial charge in [0, 0.05) is 77.1 Å². The van der Waals surface area contributed by atoms with Crippen molar-refractivity contribution in [2.45, 2.75) is 57.4 Å². The number of terminal acetylenes is 1. The molecule has 0 radical (unpaired) electrons. The molecule has 2 aromatic carbocycles. The van der Waals surface area contributed by atoms with Crippen molar-refractivity contribution < 1.29 is 27.6 Å². The van der Waals surface area contributed by atoms with Crippen LogP contribution in [0.15, 0.2) is 30.5 Å². The van der Waals surface area contributed by atoms with Gasteiger partial charge in [0.2, 0.25) is 0 Å².